The van der Waals surface area contributed by atoms with Gasteiger partial charge in [-0.05, 0) is 48.2 Å². The van der Waals surface area contributed by atoms with Crippen LogP contribution >= 0.6 is 0 Å². The van der Waals surface area contributed by atoms with Crippen LogP contribution < -0.4 is 26.3 Å². The minimum Gasteiger partial charge on any atom is -0.497 e. The van der Waals surface area contributed by atoms with Crippen LogP contribution in [0.15, 0.2) is 42.5 Å². The fourth-order valence-corrected chi connectivity index (χ4v) is 2.60. The molecule has 0 fully saturated rings. The molecule has 6 nitrogen and oxygen atoms in total. The Balaban J connectivity index is 1.73. The van der Waals surface area contributed by atoms with Gasteiger partial charge in [-0.25, -0.2) is 0 Å². The number of hydrogen-bond donors (Lipinski definition) is 3. The summed E-state index contributed by atoms with van der Waals surface area (Å²) in [6, 6.07) is 13.3. The van der Waals surface area contributed by atoms with Gasteiger partial charge in [0.2, 0.25) is 5.91 Å². The van der Waals surface area contributed by atoms with Crippen molar-refractivity contribution in [3.05, 3.63) is 53.6 Å². The van der Waals surface area contributed by atoms with Crippen LogP contribution in [0.2, 0.25) is 0 Å². The lowest BCUT2D eigenvalue weighted by Crippen LogP contribution is -2.26. The summed E-state index contributed by atoms with van der Waals surface area (Å²) in [7, 11) is 1.66. The number of rotatable bonds is 10. The van der Waals surface area contributed by atoms with Gasteiger partial charge in [0.25, 0.3) is 0 Å². The lowest BCUT2D eigenvalue weighted by atomic mass is 10.1. The number of hydrogen-bond acceptors (Lipinski definition) is 5. The van der Waals surface area contributed by atoms with E-state index in [1.807, 2.05) is 24.3 Å². The van der Waals surface area contributed by atoms with E-state index in [-0.39, 0.29) is 5.91 Å². The summed E-state index contributed by atoms with van der Waals surface area (Å²) in [6.45, 7) is 1.47. The van der Waals surface area contributed by atoms with Crippen molar-refractivity contribution >= 4 is 11.6 Å². The summed E-state index contributed by atoms with van der Waals surface area (Å²) in [5.41, 5.74) is 13.9. The Labute approximate surface area is 154 Å². The summed E-state index contributed by atoms with van der Waals surface area (Å²) < 4.78 is 10.6. The van der Waals surface area contributed by atoms with E-state index in [4.69, 9.17) is 20.9 Å². The van der Waals surface area contributed by atoms with Crippen molar-refractivity contribution < 1.29 is 14.3 Å². The molecule has 140 valence electrons. The monoisotopic (exact) mass is 357 g/mol. The quantitative estimate of drug-likeness (QED) is 0.445. The maximum Gasteiger partial charge on any atom is 0.224 e. The highest BCUT2D eigenvalue weighted by molar-refractivity contribution is 5.79. The first-order valence-corrected chi connectivity index (χ1v) is 8.73. The summed E-state index contributed by atoms with van der Waals surface area (Å²) in [5.74, 6) is 1.42. The van der Waals surface area contributed by atoms with Crippen molar-refractivity contribution in [3.63, 3.8) is 0 Å². The number of benzene rings is 2. The normalized spacial score (nSPS) is 10.4. The van der Waals surface area contributed by atoms with E-state index >= 15 is 0 Å². The predicted molar refractivity (Wildman–Crippen MR) is 103 cm³/mol. The highest BCUT2D eigenvalue weighted by atomic mass is 16.5. The molecule has 5 N–H and O–H groups in total. The number of carbonyl (C=O) groups excluding carboxylic acids is 1. The van der Waals surface area contributed by atoms with E-state index in [0.717, 1.165) is 24.2 Å². The molecule has 0 unspecified atom stereocenters. The zero-order valence-electron chi connectivity index (χ0n) is 15.2. The van der Waals surface area contributed by atoms with Crippen LogP contribution in [0.1, 0.15) is 17.5 Å². The van der Waals surface area contributed by atoms with Crippen LogP contribution in [-0.4, -0.2) is 32.7 Å². The first kappa shape index (κ1) is 19.6. The van der Waals surface area contributed by atoms with Crippen molar-refractivity contribution in [3.8, 4) is 11.5 Å². The summed E-state index contributed by atoms with van der Waals surface area (Å²) in [5, 5.41) is 2.94. The molecule has 0 radical (unpaired) electrons. The molecule has 2 aromatic rings. The molecule has 1 amide bonds. The van der Waals surface area contributed by atoms with E-state index in [2.05, 4.69) is 11.4 Å². The molecular weight excluding hydrogens is 330 g/mol. The number of aryl methyl sites for hydroxylation is 1. The molecule has 2 rings (SSSR count). The fraction of sp³-hybridized carbons (Fsp3) is 0.350. The van der Waals surface area contributed by atoms with Crippen molar-refractivity contribution in [1.82, 2.24) is 5.32 Å². The molecule has 0 heterocycles. The van der Waals surface area contributed by atoms with Crippen LogP contribution in [-0.2, 0) is 17.6 Å². The zero-order valence-corrected chi connectivity index (χ0v) is 15.2. The standard InChI is InChI=1S/C20H27N3O3/c1-25-17-6-2-4-15(12-17)5-3-10-23-20(24)14-16-7-8-19(18(22)13-16)26-11-9-21/h2,4,6-8,12-13H,3,5,9-11,14,21-22H2,1H3,(H,23,24). The van der Waals surface area contributed by atoms with Crippen LogP contribution in [0, 0.1) is 0 Å². The second-order valence-corrected chi connectivity index (χ2v) is 5.99. The number of nitrogens with one attached hydrogen (secondary N) is 1. The molecule has 0 saturated heterocycles. The Bertz CT molecular complexity index is 719. The SMILES string of the molecule is COc1cccc(CCCNC(=O)Cc2ccc(OCCN)c(N)c2)c1. The zero-order chi connectivity index (χ0) is 18.8. The molecule has 26 heavy (non-hydrogen) atoms. The van der Waals surface area contributed by atoms with Crippen LogP contribution in [0.5, 0.6) is 11.5 Å². The Hall–Kier alpha value is -2.73. The molecule has 6 heteroatoms. The molecule has 0 aliphatic rings. The van der Waals surface area contributed by atoms with E-state index < -0.39 is 0 Å². The molecule has 0 aliphatic carbocycles. The van der Waals surface area contributed by atoms with Gasteiger partial charge in [-0.2, -0.15) is 0 Å². The summed E-state index contributed by atoms with van der Waals surface area (Å²) in [6.07, 6.45) is 2.05. The predicted octanol–water partition coefficient (Wildman–Crippen LogP) is 1.91. The van der Waals surface area contributed by atoms with Gasteiger partial charge in [-0.1, -0.05) is 18.2 Å². The van der Waals surface area contributed by atoms with Gasteiger partial charge in [0, 0.05) is 13.1 Å². The third-order valence-electron chi connectivity index (χ3n) is 3.91. The molecule has 0 bridgehead atoms. The molecule has 0 atom stereocenters. The fourth-order valence-electron chi connectivity index (χ4n) is 2.60. The van der Waals surface area contributed by atoms with Crippen LogP contribution in [0.4, 0.5) is 5.69 Å². The van der Waals surface area contributed by atoms with Gasteiger partial charge in [0.1, 0.15) is 18.1 Å². The minimum atomic E-state index is -0.0225. The van der Waals surface area contributed by atoms with Crippen molar-refractivity contribution in [2.75, 3.05) is 32.5 Å². The smallest absolute Gasteiger partial charge is 0.224 e. The molecule has 0 spiro atoms. The van der Waals surface area contributed by atoms with Gasteiger partial charge in [-0.3, -0.25) is 4.79 Å². The Kier molecular flexibility index (Phi) is 7.76. The van der Waals surface area contributed by atoms with Gasteiger partial charge in [0.15, 0.2) is 0 Å². The van der Waals surface area contributed by atoms with Crippen molar-refractivity contribution in [1.29, 1.82) is 0 Å². The lowest BCUT2D eigenvalue weighted by Gasteiger charge is -2.10. The summed E-state index contributed by atoms with van der Waals surface area (Å²) >= 11 is 0. The van der Waals surface area contributed by atoms with Gasteiger partial charge in [0.05, 0.1) is 19.2 Å². The maximum atomic E-state index is 12.1. The molecule has 0 aliphatic heterocycles. The van der Waals surface area contributed by atoms with Crippen LogP contribution in [0.3, 0.4) is 0 Å². The highest BCUT2D eigenvalue weighted by Gasteiger charge is 2.06. The van der Waals surface area contributed by atoms with Crippen LogP contribution in [0.25, 0.3) is 0 Å². The third kappa shape index (κ3) is 6.29. The summed E-state index contributed by atoms with van der Waals surface area (Å²) in [4.78, 5) is 12.1. The average Bonchev–Trinajstić information content (AvgIpc) is 2.65. The van der Waals surface area contributed by atoms with E-state index in [9.17, 15) is 4.79 Å². The largest absolute Gasteiger partial charge is 0.497 e. The first-order chi connectivity index (χ1) is 12.6. The number of nitrogen functional groups attached to an aromatic ring is 1. The highest BCUT2D eigenvalue weighted by Crippen LogP contribution is 2.22. The van der Waals surface area contributed by atoms with Gasteiger partial charge >= 0.3 is 0 Å². The van der Waals surface area contributed by atoms with Crippen molar-refractivity contribution in [2.45, 2.75) is 19.3 Å². The van der Waals surface area contributed by atoms with Gasteiger partial charge < -0.3 is 26.3 Å². The second-order valence-electron chi connectivity index (χ2n) is 5.99. The number of methoxy groups -OCH3 is 1. The Morgan fingerprint density at radius 3 is 2.73 bits per heavy atom. The number of carbonyl (C=O) groups is 1. The van der Waals surface area contributed by atoms with E-state index in [0.29, 0.717) is 37.6 Å². The number of nitrogens with two attached hydrogens (primary N) is 2. The number of ether oxygens (including phenoxy) is 2. The van der Waals surface area contributed by atoms with E-state index in [1.54, 1.807) is 19.2 Å². The molecule has 0 aromatic heterocycles. The second kappa shape index (κ2) is 10.3. The van der Waals surface area contributed by atoms with Crippen molar-refractivity contribution in [2.24, 2.45) is 5.73 Å². The first-order valence-electron chi connectivity index (χ1n) is 8.73. The Morgan fingerprint density at radius 1 is 1.15 bits per heavy atom. The number of anilines is 1. The number of amides is 1. The lowest BCUT2D eigenvalue weighted by molar-refractivity contribution is -0.120. The topological polar surface area (TPSA) is 99.6 Å². The maximum absolute atomic E-state index is 12.1. The Morgan fingerprint density at radius 2 is 2.00 bits per heavy atom. The van der Waals surface area contributed by atoms with E-state index in [1.165, 1.54) is 5.56 Å². The third-order valence-corrected chi connectivity index (χ3v) is 3.91. The average molecular weight is 357 g/mol. The van der Waals surface area contributed by atoms with Gasteiger partial charge in [-0.15, -0.1) is 0 Å². The molecular formula is C20H27N3O3. The molecule has 0 saturated carbocycles. The minimum absolute atomic E-state index is 0.0225. The molecule has 2 aromatic carbocycles.